The molecule has 1 aliphatic heterocycles. The van der Waals surface area contributed by atoms with E-state index in [-0.39, 0.29) is 5.91 Å². The molecule has 1 aliphatic rings. The minimum absolute atomic E-state index is 0.105. The van der Waals surface area contributed by atoms with Gasteiger partial charge in [0.05, 0.1) is 10.6 Å². The maximum atomic E-state index is 12.5. The molecular weight excluding hydrogens is 368 g/mol. The molecule has 0 bridgehead atoms. The lowest BCUT2D eigenvalue weighted by Gasteiger charge is -2.14. The maximum absolute atomic E-state index is 12.5. The molecule has 3 nitrogen and oxygen atoms in total. The lowest BCUT2D eigenvalue weighted by Crippen LogP contribution is -2.27. The lowest BCUT2D eigenvalue weighted by molar-refractivity contribution is -0.113. The first-order valence-electron chi connectivity index (χ1n) is 6.09. The van der Waals surface area contributed by atoms with E-state index in [4.69, 9.17) is 12.2 Å². The van der Waals surface area contributed by atoms with E-state index < -0.39 is 0 Å². The summed E-state index contributed by atoms with van der Waals surface area (Å²) < 4.78 is 1.44. The molecule has 3 rings (SSSR count). The Balaban J connectivity index is 1.94. The average Bonchev–Trinajstić information content (AvgIpc) is 2.74. The molecule has 6 heteroatoms. The van der Waals surface area contributed by atoms with Crippen LogP contribution >= 0.6 is 39.9 Å². The molecule has 0 spiro atoms. The standard InChI is InChI=1S/C15H9BrN2OS2/c16-11-4-1-5-12(8-11)18-14(19)13(21-15(18)20)7-10-3-2-6-17-9-10/h1-9H/b13-7+. The largest absolute Gasteiger partial charge is 0.270 e. The number of hydrogen-bond donors (Lipinski definition) is 0. The zero-order valence-electron chi connectivity index (χ0n) is 10.7. The van der Waals surface area contributed by atoms with Gasteiger partial charge in [0.1, 0.15) is 0 Å². The summed E-state index contributed by atoms with van der Waals surface area (Å²) in [5.74, 6) is -0.105. The molecule has 0 N–H and O–H groups in total. The number of anilines is 1. The Morgan fingerprint density at radius 1 is 1.29 bits per heavy atom. The molecule has 1 saturated heterocycles. The van der Waals surface area contributed by atoms with Gasteiger partial charge in [-0.2, -0.15) is 0 Å². The number of rotatable bonds is 2. The Kier molecular flexibility index (Phi) is 4.19. The van der Waals surface area contributed by atoms with Crippen molar-refractivity contribution in [2.24, 2.45) is 0 Å². The number of hydrogen-bond acceptors (Lipinski definition) is 4. The smallest absolute Gasteiger partial charge is 0.268 e. The van der Waals surface area contributed by atoms with Gasteiger partial charge in [0.2, 0.25) is 0 Å². The van der Waals surface area contributed by atoms with Crippen molar-refractivity contribution < 1.29 is 4.79 Å². The summed E-state index contributed by atoms with van der Waals surface area (Å²) in [6.45, 7) is 0. The van der Waals surface area contributed by atoms with Crippen LogP contribution in [0.15, 0.2) is 58.2 Å². The van der Waals surface area contributed by atoms with Crippen LogP contribution in [0.3, 0.4) is 0 Å². The van der Waals surface area contributed by atoms with Crippen molar-refractivity contribution >= 4 is 61.9 Å². The molecule has 1 amide bonds. The molecule has 2 aromatic rings. The number of carbonyl (C=O) groups excluding carboxylic acids is 1. The maximum Gasteiger partial charge on any atom is 0.270 e. The summed E-state index contributed by atoms with van der Waals surface area (Å²) in [5, 5.41) is 0. The molecule has 1 fully saturated rings. The zero-order valence-corrected chi connectivity index (χ0v) is 13.9. The highest BCUT2D eigenvalue weighted by atomic mass is 79.9. The fraction of sp³-hybridized carbons (Fsp3) is 0. The molecule has 0 unspecified atom stereocenters. The summed E-state index contributed by atoms with van der Waals surface area (Å²) in [6, 6.07) is 11.3. The zero-order chi connectivity index (χ0) is 14.8. The van der Waals surface area contributed by atoms with Gasteiger partial charge >= 0.3 is 0 Å². The number of amides is 1. The van der Waals surface area contributed by atoms with Gasteiger partial charge in [-0.1, -0.05) is 52.0 Å². The number of nitrogens with zero attached hydrogens (tertiary/aromatic N) is 2. The van der Waals surface area contributed by atoms with Gasteiger partial charge in [0.25, 0.3) is 5.91 Å². The van der Waals surface area contributed by atoms with Crippen LogP contribution in [-0.4, -0.2) is 15.2 Å². The SMILES string of the molecule is O=C1/C(=C\c2cccnc2)SC(=S)N1c1cccc(Br)c1. The van der Waals surface area contributed by atoms with Crippen LogP contribution in [-0.2, 0) is 4.79 Å². The third-order valence-electron chi connectivity index (χ3n) is 2.84. The van der Waals surface area contributed by atoms with Crippen LogP contribution in [0.25, 0.3) is 6.08 Å². The van der Waals surface area contributed by atoms with Gasteiger partial charge < -0.3 is 0 Å². The Bertz CT molecular complexity index is 746. The third kappa shape index (κ3) is 3.07. The van der Waals surface area contributed by atoms with Crippen molar-refractivity contribution in [1.29, 1.82) is 0 Å². The van der Waals surface area contributed by atoms with E-state index in [0.717, 1.165) is 15.7 Å². The molecule has 1 aromatic heterocycles. The highest BCUT2D eigenvalue weighted by Crippen LogP contribution is 2.36. The fourth-order valence-corrected chi connectivity index (χ4v) is 3.60. The van der Waals surface area contributed by atoms with Crippen LogP contribution in [0.1, 0.15) is 5.56 Å². The Morgan fingerprint density at radius 2 is 2.14 bits per heavy atom. The van der Waals surface area contributed by atoms with Gasteiger partial charge in [-0.3, -0.25) is 14.7 Å². The molecule has 21 heavy (non-hydrogen) atoms. The summed E-state index contributed by atoms with van der Waals surface area (Å²) in [6.07, 6.45) is 5.22. The van der Waals surface area contributed by atoms with Crippen molar-refractivity contribution in [1.82, 2.24) is 4.98 Å². The number of thiocarbonyl (C=S) groups is 1. The van der Waals surface area contributed by atoms with Gasteiger partial charge in [-0.05, 0) is 35.9 Å². The molecule has 1 aromatic carbocycles. The third-order valence-corrected chi connectivity index (χ3v) is 4.64. The highest BCUT2D eigenvalue weighted by molar-refractivity contribution is 9.10. The van der Waals surface area contributed by atoms with E-state index in [1.54, 1.807) is 17.3 Å². The van der Waals surface area contributed by atoms with Gasteiger partial charge in [0, 0.05) is 16.9 Å². The summed E-state index contributed by atoms with van der Waals surface area (Å²) in [7, 11) is 0. The number of pyridine rings is 1. The van der Waals surface area contributed by atoms with Crippen LogP contribution in [0.2, 0.25) is 0 Å². The molecular formula is C15H9BrN2OS2. The molecule has 0 saturated carbocycles. The van der Waals surface area contributed by atoms with E-state index in [1.165, 1.54) is 11.8 Å². The summed E-state index contributed by atoms with van der Waals surface area (Å²) in [4.78, 5) is 18.7. The second-order valence-corrected chi connectivity index (χ2v) is 6.87. The highest BCUT2D eigenvalue weighted by Gasteiger charge is 2.33. The number of thioether (sulfide) groups is 1. The van der Waals surface area contributed by atoms with Crippen LogP contribution < -0.4 is 4.90 Å². The summed E-state index contributed by atoms with van der Waals surface area (Å²) >= 11 is 10.0. The van der Waals surface area contributed by atoms with Crippen LogP contribution in [0.5, 0.6) is 0 Å². The second-order valence-electron chi connectivity index (χ2n) is 4.28. The van der Waals surface area contributed by atoms with Crippen molar-refractivity contribution in [3.8, 4) is 0 Å². The van der Waals surface area contributed by atoms with Gasteiger partial charge in [-0.15, -0.1) is 0 Å². The minimum Gasteiger partial charge on any atom is -0.268 e. The van der Waals surface area contributed by atoms with Crippen molar-refractivity contribution in [2.45, 2.75) is 0 Å². The fourth-order valence-electron chi connectivity index (χ4n) is 1.92. The predicted octanol–water partition coefficient (Wildman–Crippen LogP) is 4.25. The van der Waals surface area contributed by atoms with Gasteiger partial charge in [-0.25, -0.2) is 0 Å². The minimum atomic E-state index is -0.105. The normalized spacial score (nSPS) is 16.8. The molecule has 0 radical (unpaired) electrons. The first kappa shape index (κ1) is 14.4. The molecule has 104 valence electrons. The Labute approximate surface area is 140 Å². The number of halogens is 1. The molecule has 0 aliphatic carbocycles. The van der Waals surface area contributed by atoms with Gasteiger partial charge in [0.15, 0.2) is 4.32 Å². The van der Waals surface area contributed by atoms with E-state index >= 15 is 0 Å². The monoisotopic (exact) mass is 376 g/mol. The van der Waals surface area contributed by atoms with E-state index in [0.29, 0.717) is 9.23 Å². The van der Waals surface area contributed by atoms with E-state index in [1.807, 2.05) is 42.5 Å². The Hall–Kier alpha value is -1.50. The lowest BCUT2D eigenvalue weighted by atomic mass is 10.2. The quantitative estimate of drug-likeness (QED) is 0.579. The van der Waals surface area contributed by atoms with E-state index in [9.17, 15) is 4.79 Å². The average molecular weight is 377 g/mol. The summed E-state index contributed by atoms with van der Waals surface area (Å²) in [5.41, 5.74) is 1.65. The van der Waals surface area contributed by atoms with Crippen molar-refractivity contribution in [2.75, 3.05) is 4.90 Å². The first-order chi connectivity index (χ1) is 10.1. The van der Waals surface area contributed by atoms with Crippen molar-refractivity contribution in [3.63, 3.8) is 0 Å². The Morgan fingerprint density at radius 3 is 2.86 bits per heavy atom. The molecule has 0 atom stereocenters. The van der Waals surface area contributed by atoms with E-state index in [2.05, 4.69) is 20.9 Å². The molecule has 2 heterocycles. The van der Waals surface area contributed by atoms with Crippen LogP contribution in [0.4, 0.5) is 5.69 Å². The predicted molar refractivity (Wildman–Crippen MR) is 94.0 cm³/mol. The van der Waals surface area contributed by atoms with Crippen LogP contribution in [0, 0.1) is 0 Å². The number of carbonyl (C=O) groups is 1. The number of benzene rings is 1. The second kappa shape index (κ2) is 6.09. The van der Waals surface area contributed by atoms with Crippen molar-refractivity contribution in [3.05, 3.63) is 63.7 Å². The topological polar surface area (TPSA) is 33.2 Å². The number of aromatic nitrogens is 1. The first-order valence-corrected chi connectivity index (χ1v) is 8.10.